The van der Waals surface area contributed by atoms with Crippen LogP contribution in [0.3, 0.4) is 0 Å². The van der Waals surface area contributed by atoms with Crippen LogP contribution >= 0.6 is 0 Å². The molecule has 1 unspecified atom stereocenters. The Kier molecular flexibility index (Phi) is 3.85. The molecule has 0 saturated heterocycles. The van der Waals surface area contributed by atoms with Crippen molar-refractivity contribution in [1.29, 1.82) is 0 Å². The maximum atomic E-state index is 11.0. The fraction of sp³-hybridized carbons (Fsp3) is 0.556. The predicted octanol–water partition coefficient (Wildman–Crippen LogP) is -0.273. The van der Waals surface area contributed by atoms with Gasteiger partial charge >= 0.3 is 23.9 Å². The Hall–Kier alpha value is -2.12. The van der Waals surface area contributed by atoms with Crippen LogP contribution < -0.4 is 0 Å². The third kappa shape index (κ3) is 1.71. The minimum Gasteiger partial charge on any atom is -0.481 e. The molecule has 0 saturated carbocycles. The summed E-state index contributed by atoms with van der Waals surface area (Å²) in [7, 11) is 0. The van der Waals surface area contributed by atoms with E-state index in [1.54, 1.807) is 0 Å². The molecule has 0 aliphatic rings. The number of hydrogen-bond donors (Lipinski definition) is 4. The van der Waals surface area contributed by atoms with Gasteiger partial charge in [-0.15, -0.1) is 0 Å². The number of hydrogen-bond acceptors (Lipinski definition) is 4. The second-order valence-corrected chi connectivity index (χ2v) is 3.66. The summed E-state index contributed by atoms with van der Waals surface area (Å²) in [6, 6.07) is 0. The van der Waals surface area contributed by atoms with Gasteiger partial charge in [-0.2, -0.15) is 0 Å². The van der Waals surface area contributed by atoms with Gasteiger partial charge in [-0.1, -0.05) is 6.92 Å². The summed E-state index contributed by atoms with van der Waals surface area (Å²) in [5, 5.41) is 35.5. The van der Waals surface area contributed by atoms with Gasteiger partial charge in [0.15, 0.2) is 0 Å². The second kappa shape index (κ2) is 4.40. The molecule has 0 radical (unpaired) electrons. The quantitative estimate of drug-likeness (QED) is 0.469. The first-order valence-corrected chi connectivity index (χ1v) is 4.52. The smallest absolute Gasteiger partial charge is 0.333 e. The van der Waals surface area contributed by atoms with Gasteiger partial charge in [0.2, 0.25) is 0 Å². The van der Waals surface area contributed by atoms with Gasteiger partial charge in [0.25, 0.3) is 5.41 Å². The number of carboxylic acids is 4. The third-order valence-electron chi connectivity index (χ3n) is 2.97. The topological polar surface area (TPSA) is 149 Å². The summed E-state index contributed by atoms with van der Waals surface area (Å²) in [4.78, 5) is 44.0. The minimum atomic E-state index is -3.42. The molecule has 0 aromatic rings. The third-order valence-corrected chi connectivity index (χ3v) is 2.97. The summed E-state index contributed by atoms with van der Waals surface area (Å²) < 4.78 is 0. The zero-order valence-electron chi connectivity index (χ0n) is 9.13. The van der Waals surface area contributed by atoms with Gasteiger partial charge in [-0.25, -0.2) is 0 Å². The molecule has 0 aromatic heterocycles. The van der Waals surface area contributed by atoms with E-state index in [-0.39, 0.29) is 0 Å². The fourth-order valence-corrected chi connectivity index (χ4v) is 1.56. The lowest BCUT2D eigenvalue weighted by Crippen LogP contribution is -2.60. The van der Waals surface area contributed by atoms with Gasteiger partial charge in [0.1, 0.15) is 5.41 Å². The van der Waals surface area contributed by atoms with Crippen molar-refractivity contribution in [3.05, 3.63) is 0 Å². The van der Waals surface area contributed by atoms with Gasteiger partial charge in [0.05, 0.1) is 0 Å². The van der Waals surface area contributed by atoms with Gasteiger partial charge < -0.3 is 20.4 Å². The van der Waals surface area contributed by atoms with Crippen molar-refractivity contribution in [2.24, 2.45) is 10.8 Å². The fourth-order valence-electron chi connectivity index (χ4n) is 1.56. The van der Waals surface area contributed by atoms with Gasteiger partial charge in [-0.05, 0) is 13.3 Å². The highest BCUT2D eigenvalue weighted by Gasteiger charge is 2.69. The van der Waals surface area contributed by atoms with Crippen molar-refractivity contribution in [3.63, 3.8) is 0 Å². The normalized spacial score (nSPS) is 14.7. The SMILES string of the molecule is CCC(C)(C(=O)O)C(C(=O)O)(C(=O)O)C(=O)O. The zero-order chi connectivity index (χ0) is 14.0. The predicted molar refractivity (Wildman–Crippen MR) is 51.4 cm³/mol. The van der Waals surface area contributed by atoms with Crippen LogP contribution in [0.1, 0.15) is 20.3 Å². The first kappa shape index (κ1) is 14.9. The highest BCUT2D eigenvalue weighted by Crippen LogP contribution is 2.43. The van der Waals surface area contributed by atoms with E-state index in [9.17, 15) is 19.2 Å². The maximum absolute atomic E-state index is 11.0. The second-order valence-electron chi connectivity index (χ2n) is 3.66. The van der Waals surface area contributed by atoms with Crippen molar-refractivity contribution in [1.82, 2.24) is 0 Å². The molecule has 0 fully saturated rings. The summed E-state index contributed by atoms with van der Waals surface area (Å²) in [6.45, 7) is 1.99. The Bertz CT molecular complexity index is 348. The van der Waals surface area contributed by atoms with Crippen LogP contribution in [0.15, 0.2) is 0 Å². The molecule has 8 heteroatoms. The van der Waals surface area contributed by atoms with Crippen LogP contribution in [0.2, 0.25) is 0 Å². The standard InChI is InChI=1S/C9H12O8/c1-3-8(2,4(10)11)9(5(12)13,6(14)15)7(16)17/h3H2,1-2H3,(H,10,11)(H,12,13)(H,14,15)(H,16,17). The summed E-state index contributed by atoms with van der Waals surface area (Å²) in [5.41, 5.74) is -5.88. The summed E-state index contributed by atoms with van der Waals surface area (Å²) in [6.07, 6.45) is -0.465. The van der Waals surface area contributed by atoms with Gasteiger partial charge in [0, 0.05) is 0 Å². The molecule has 0 aliphatic heterocycles. The number of aliphatic carboxylic acids is 4. The molecule has 4 N–H and O–H groups in total. The molecule has 0 aromatic carbocycles. The Morgan fingerprint density at radius 3 is 1.18 bits per heavy atom. The lowest BCUT2D eigenvalue weighted by atomic mass is 9.62. The van der Waals surface area contributed by atoms with E-state index in [1.807, 2.05) is 0 Å². The lowest BCUT2D eigenvalue weighted by Gasteiger charge is -2.35. The molecule has 0 bridgehead atoms. The average molecular weight is 248 g/mol. The van der Waals surface area contributed by atoms with E-state index in [1.165, 1.54) is 6.92 Å². The van der Waals surface area contributed by atoms with E-state index in [2.05, 4.69) is 0 Å². The first-order chi connectivity index (χ1) is 7.58. The van der Waals surface area contributed by atoms with Crippen LogP contribution in [0.4, 0.5) is 0 Å². The number of rotatable bonds is 6. The molecule has 0 aliphatic carbocycles. The summed E-state index contributed by atoms with van der Waals surface area (Å²) in [5.74, 6) is -8.45. The molecular weight excluding hydrogens is 236 g/mol. The monoisotopic (exact) mass is 248 g/mol. The molecule has 0 spiro atoms. The van der Waals surface area contributed by atoms with E-state index in [0.717, 1.165) is 6.92 Å². The van der Waals surface area contributed by atoms with Crippen molar-refractivity contribution < 1.29 is 39.6 Å². The highest BCUT2D eigenvalue weighted by molar-refractivity contribution is 6.19. The van der Waals surface area contributed by atoms with Crippen LogP contribution in [0, 0.1) is 10.8 Å². The molecule has 1 atom stereocenters. The Balaban J connectivity index is 6.30. The largest absolute Gasteiger partial charge is 0.481 e. The first-order valence-electron chi connectivity index (χ1n) is 4.52. The van der Waals surface area contributed by atoms with Gasteiger partial charge in [-0.3, -0.25) is 19.2 Å². The molecule has 0 heterocycles. The van der Waals surface area contributed by atoms with E-state index >= 15 is 0 Å². The number of carbonyl (C=O) groups is 4. The molecule has 96 valence electrons. The van der Waals surface area contributed by atoms with Crippen molar-refractivity contribution in [2.75, 3.05) is 0 Å². The van der Waals surface area contributed by atoms with Crippen LogP contribution in [-0.2, 0) is 19.2 Å². The van der Waals surface area contributed by atoms with E-state index < -0.39 is 41.1 Å². The highest BCUT2D eigenvalue weighted by atomic mass is 16.4. The molecule has 8 nitrogen and oxygen atoms in total. The summed E-state index contributed by atoms with van der Waals surface area (Å²) >= 11 is 0. The van der Waals surface area contributed by atoms with Crippen LogP contribution in [-0.4, -0.2) is 44.3 Å². The van der Waals surface area contributed by atoms with Crippen LogP contribution in [0.5, 0.6) is 0 Å². The Labute approximate surface area is 95.5 Å². The lowest BCUT2D eigenvalue weighted by molar-refractivity contribution is -0.194. The average Bonchev–Trinajstić information content (AvgIpc) is 2.15. The van der Waals surface area contributed by atoms with E-state index in [4.69, 9.17) is 20.4 Å². The van der Waals surface area contributed by atoms with Crippen molar-refractivity contribution in [2.45, 2.75) is 20.3 Å². The van der Waals surface area contributed by atoms with Crippen LogP contribution in [0.25, 0.3) is 0 Å². The molecular formula is C9H12O8. The maximum Gasteiger partial charge on any atom is 0.333 e. The number of carboxylic acid groups (broad SMARTS) is 4. The molecule has 0 amide bonds. The Morgan fingerprint density at radius 1 is 0.824 bits per heavy atom. The molecule has 17 heavy (non-hydrogen) atoms. The van der Waals surface area contributed by atoms with E-state index in [0.29, 0.717) is 0 Å². The van der Waals surface area contributed by atoms with Crippen molar-refractivity contribution >= 4 is 23.9 Å². The Morgan fingerprint density at radius 2 is 1.12 bits per heavy atom. The zero-order valence-corrected chi connectivity index (χ0v) is 9.13. The molecule has 0 rings (SSSR count). The minimum absolute atomic E-state index is 0.465. The van der Waals surface area contributed by atoms with Crippen molar-refractivity contribution in [3.8, 4) is 0 Å².